The Morgan fingerprint density at radius 3 is 2.32 bits per heavy atom. The van der Waals surface area contributed by atoms with E-state index in [0.717, 1.165) is 50.8 Å². The second-order valence-corrected chi connectivity index (χ2v) is 7.72. The van der Waals surface area contributed by atoms with Gasteiger partial charge in [-0.1, -0.05) is 47.5 Å². The molecule has 3 nitrogen and oxygen atoms in total. The normalized spacial score (nSPS) is 18.0. The van der Waals surface area contributed by atoms with Crippen molar-refractivity contribution < 1.29 is 9.59 Å². The first kappa shape index (κ1) is 19.1. The summed E-state index contributed by atoms with van der Waals surface area (Å²) in [7, 11) is 0. The topological polar surface area (TPSA) is 46.5 Å². The molecule has 1 rings (SSSR count). The van der Waals surface area contributed by atoms with Gasteiger partial charge in [-0.05, 0) is 31.1 Å². The zero-order valence-corrected chi connectivity index (χ0v) is 15.1. The first-order chi connectivity index (χ1) is 10.3. The van der Waals surface area contributed by atoms with Gasteiger partial charge < -0.3 is 0 Å². The highest BCUT2D eigenvalue weighted by molar-refractivity contribution is 6.40. The smallest absolute Gasteiger partial charge is 0.179 e. The van der Waals surface area contributed by atoms with Crippen molar-refractivity contribution in [2.24, 2.45) is 22.2 Å². The lowest BCUT2D eigenvalue weighted by molar-refractivity contribution is -0.126. The molecule has 0 spiro atoms. The molecule has 22 heavy (non-hydrogen) atoms. The number of unbranched alkanes of at least 4 members (excludes halogenated alkanes) is 1. The zero-order chi connectivity index (χ0) is 16.8. The Morgan fingerprint density at radius 2 is 1.82 bits per heavy atom. The van der Waals surface area contributed by atoms with Crippen LogP contribution in [0.3, 0.4) is 0 Å². The molecule has 126 valence electrons. The van der Waals surface area contributed by atoms with Gasteiger partial charge in [0, 0.05) is 24.8 Å². The average Bonchev–Trinajstić information content (AvgIpc) is 2.98. The van der Waals surface area contributed by atoms with Gasteiger partial charge in [0.2, 0.25) is 0 Å². The Hall–Kier alpha value is -0.990. The van der Waals surface area contributed by atoms with E-state index in [2.05, 4.69) is 25.8 Å². The van der Waals surface area contributed by atoms with Gasteiger partial charge in [-0.15, -0.1) is 0 Å². The first-order valence-corrected chi connectivity index (χ1v) is 8.87. The summed E-state index contributed by atoms with van der Waals surface area (Å²) in [6.07, 6.45) is 6.41. The lowest BCUT2D eigenvalue weighted by Gasteiger charge is -2.29. The van der Waals surface area contributed by atoms with Gasteiger partial charge in [-0.3, -0.25) is 14.6 Å². The third kappa shape index (κ3) is 5.66. The van der Waals surface area contributed by atoms with Crippen LogP contribution in [0.15, 0.2) is 4.99 Å². The quantitative estimate of drug-likeness (QED) is 0.583. The van der Waals surface area contributed by atoms with Crippen molar-refractivity contribution >= 4 is 17.3 Å². The maximum Gasteiger partial charge on any atom is 0.179 e. The summed E-state index contributed by atoms with van der Waals surface area (Å²) in [5, 5.41) is 0. The number of ketones is 2. The number of Topliss-reactive ketones (excluding diaryl/α,β-unsaturated/α-hetero) is 2. The molecule has 0 amide bonds. The molecule has 1 aliphatic heterocycles. The number of rotatable bonds is 9. The molecule has 0 radical (unpaired) electrons. The average molecular weight is 307 g/mol. The number of carbonyl (C=O) groups excluding carboxylic acids is 2. The van der Waals surface area contributed by atoms with E-state index >= 15 is 0 Å². The maximum atomic E-state index is 12.2. The maximum absolute atomic E-state index is 12.2. The third-order valence-electron chi connectivity index (χ3n) is 4.77. The van der Waals surface area contributed by atoms with Crippen LogP contribution in [0.25, 0.3) is 0 Å². The van der Waals surface area contributed by atoms with Crippen LogP contribution in [-0.2, 0) is 9.59 Å². The minimum absolute atomic E-state index is 0.0348. The second-order valence-electron chi connectivity index (χ2n) is 7.72. The largest absolute Gasteiger partial charge is 0.299 e. The first-order valence-electron chi connectivity index (χ1n) is 8.87. The van der Waals surface area contributed by atoms with Gasteiger partial charge in [0.1, 0.15) is 5.78 Å². The SMILES string of the molecule is CCC(=O)C(CCCCC(C)C(=O)C1=NCCC1)C(C)(C)C. The molecule has 0 aromatic carbocycles. The van der Waals surface area contributed by atoms with Crippen molar-refractivity contribution in [3.05, 3.63) is 0 Å². The zero-order valence-electron chi connectivity index (χ0n) is 15.1. The van der Waals surface area contributed by atoms with Gasteiger partial charge in [0.25, 0.3) is 0 Å². The number of hydrogen-bond acceptors (Lipinski definition) is 3. The molecular formula is C19H33NO2. The summed E-state index contributed by atoms with van der Waals surface area (Å²) in [6.45, 7) is 11.2. The molecule has 0 aromatic rings. The summed E-state index contributed by atoms with van der Waals surface area (Å²) < 4.78 is 0. The molecule has 3 heteroatoms. The van der Waals surface area contributed by atoms with Crippen LogP contribution < -0.4 is 0 Å². The van der Waals surface area contributed by atoms with Crippen LogP contribution in [0.1, 0.15) is 79.6 Å². The van der Waals surface area contributed by atoms with Crippen LogP contribution in [0.4, 0.5) is 0 Å². The van der Waals surface area contributed by atoms with Crippen molar-refractivity contribution in [3.8, 4) is 0 Å². The van der Waals surface area contributed by atoms with Crippen molar-refractivity contribution in [1.82, 2.24) is 0 Å². The molecule has 0 aromatic heterocycles. The summed E-state index contributed by atoms with van der Waals surface area (Å²) in [4.78, 5) is 28.6. The fourth-order valence-corrected chi connectivity index (χ4v) is 3.28. The minimum atomic E-state index is 0.0348. The van der Waals surface area contributed by atoms with E-state index in [1.807, 2.05) is 13.8 Å². The number of carbonyl (C=O) groups is 2. The number of nitrogens with zero attached hydrogens (tertiary/aromatic N) is 1. The summed E-state index contributed by atoms with van der Waals surface area (Å²) >= 11 is 0. The van der Waals surface area contributed by atoms with Crippen LogP contribution >= 0.6 is 0 Å². The predicted molar refractivity (Wildman–Crippen MR) is 92.4 cm³/mol. The minimum Gasteiger partial charge on any atom is -0.299 e. The Bertz CT molecular complexity index is 418. The highest BCUT2D eigenvalue weighted by atomic mass is 16.1. The monoisotopic (exact) mass is 307 g/mol. The molecular weight excluding hydrogens is 274 g/mol. The fraction of sp³-hybridized carbons (Fsp3) is 0.842. The van der Waals surface area contributed by atoms with Crippen molar-refractivity contribution in [2.75, 3.05) is 6.54 Å². The van der Waals surface area contributed by atoms with E-state index in [1.165, 1.54) is 0 Å². The fourth-order valence-electron chi connectivity index (χ4n) is 3.28. The van der Waals surface area contributed by atoms with Gasteiger partial charge >= 0.3 is 0 Å². The van der Waals surface area contributed by atoms with Gasteiger partial charge in [0.05, 0.1) is 5.71 Å². The standard InChI is InChI=1S/C19H33NO2/c1-6-17(21)15(19(3,4)5)11-8-7-10-14(2)18(22)16-12-9-13-20-16/h14-15H,6-13H2,1-5H3. The Kier molecular flexibility index (Phi) is 7.44. The van der Waals surface area contributed by atoms with Gasteiger partial charge in [-0.25, -0.2) is 0 Å². The van der Waals surface area contributed by atoms with E-state index in [4.69, 9.17) is 0 Å². The van der Waals surface area contributed by atoms with E-state index < -0.39 is 0 Å². The van der Waals surface area contributed by atoms with Crippen LogP contribution in [0, 0.1) is 17.3 Å². The molecule has 0 saturated carbocycles. The molecule has 0 aliphatic carbocycles. The molecule has 0 bridgehead atoms. The van der Waals surface area contributed by atoms with Gasteiger partial charge in [-0.2, -0.15) is 0 Å². The molecule has 0 fully saturated rings. The third-order valence-corrected chi connectivity index (χ3v) is 4.77. The van der Waals surface area contributed by atoms with Crippen LogP contribution in [0.5, 0.6) is 0 Å². The Balaban J connectivity index is 2.36. The Labute approximate surface area is 136 Å². The molecule has 0 saturated heterocycles. The second kappa shape index (κ2) is 8.59. The molecule has 0 N–H and O–H groups in total. The number of hydrogen-bond donors (Lipinski definition) is 0. The predicted octanol–water partition coefficient (Wildman–Crippen LogP) is 4.63. The molecule has 2 unspecified atom stereocenters. The summed E-state index contributed by atoms with van der Waals surface area (Å²) in [6, 6.07) is 0. The molecule has 1 heterocycles. The summed E-state index contributed by atoms with van der Waals surface area (Å²) in [5.41, 5.74) is 0.842. The lowest BCUT2D eigenvalue weighted by Crippen LogP contribution is -2.28. The van der Waals surface area contributed by atoms with E-state index in [0.29, 0.717) is 12.2 Å². The Morgan fingerprint density at radius 1 is 1.18 bits per heavy atom. The van der Waals surface area contributed by atoms with E-state index in [1.54, 1.807) is 0 Å². The van der Waals surface area contributed by atoms with Crippen molar-refractivity contribution in [2.45, 2.75) is 79.6 Å². The summed E-state index contributed by atoms with van der Waals surface area (Å²) in [5.74, 6) is 0.834. The highest BCUT2D eigenvalue weighted by Crippen LogP contribution is 2.32. The molecule has 2 atom stereocenters. The molecule has 1 aliphatic rings. The van der Waals surface area contributed by atoms with E-state index in [9.17, 15) is 9.59 Å². The van der Waals surface area contributed by atoms with Crippen molar-refractivity contribution in [1.29, 1.82) is 0 Å². The van der Waals surface area contributed by atoms with Crippen LogP contribution in [-0.4, -0.2) is 23.8 Å². The van der Waals surface area contributed by atoms with Gasteiger partial charge in [0.15, 0.2) is 5.78 Å². The number of aliphatic imine (C=N–C) groups is 1. The highest BCUT2D eigenvalue weighted by Gasteiger charge is 2.29. The van der Waals surface area contributed by atoms with E-state index in [-0.39, 0.29) is 23.0 Å². The lowest BCUT2D eigenvalue weighted by atomic mass is 9.74. The van der Waals surface area contributed by atoms with Crippen molar-refractivity contribution in [3.63, 3.8) is 0 Å². The van der Waals surface area contributed by atoms with Crippen LogP contribution in [0.2, 0.25) is 0 Å².